The maximum atomic E-state index is 14.7. The summed E-state index contributed by atoms with van der Waals surface area (Å²) in [6.45, 7) is 7.25. The Balaban J connectivity index is 1.50. The van der Waals surface area contributed by atoms with E-state index in [1.54, 1.807) is 46.1 Å². The van der Waals surface area contributed by atoms with Gasteiger partial charge in [-0.2, -0.15) is 0 Å². The van der Waals surface area contributed by atoms with Crippen LogP contribution in [0.15, 0.2) is 57.8 Å². The molecule has 4 aliphatic rings. The van der Waals surface area contributed by atoms with Crippen molar-refractivity contribution in [1.29, 1.82) is 0 Å². The minimum Gasteiger partial charge on any atom is -0.490 e. The monoisotopic (exact) mass is 684 g/mol. The van der Waals surface area contributed by atoms with E-state index in [2.05, 4.69) is 31.4 Å². The molecule has 1 spiro atoms. The van der Waals surface area contributed by atoms with E-state index < -0.39 is 27.5 Å². The van der Waals surface area contributed by atoms with Crippen LogP contribution in [0.25, 0.3) is 0 Å². The van der Waals surface area contributed by atoms with Gasteiger partial charge in [-0.15, -0.1) is 4.36 Å². The summed E-state index contributed by atoms with van der Waals surface area (Å²) in [5, 5.41) is 3.34. The lowest BCUT2D eigenvalue weighted by atomic mass is 9.68. The Morgan fingerprint density at radius 3 is 2.79 bits per heavy atom. The number of carbonyl (C=O) groups is 2. The Hall–Kier alpha value is -3.12. The third kappa shape index (κ3) is 6.77. The van der Waals surface area contributed by atoms with Gasteiger partial charge in [0, 0.05) is 37.2 Å². The second-order valence-electron chi connectivity index (χ2n) is 13.6. The topological polar surface area (TPSA) is 119 Å². The number of hydrogen-bond acceptors (Lipinski definition) is 7. The summed E-state index contributed by atoms with van der Waals surface area (Å²) >= 11 is 6.44. The van der Waals surface area contributed by atoms with E-state index in [-0.39, 0.29) is 23.0 Å². The van der Waals surface area contributed by atoms with Crippen LogP contribution < -0.4 is 19.7 Å². The summed E-state index contributed by atoms with van der Waals surface area (Å²) in [7, 11) is -2.05. The van der Waals surface area contributed by atoms with E-state index in [9.17, 15) is 13.8 Å². The average molecular weight is 685 g/mol. The van der Waals surface area contributed by atoms with Crippen LogP contribution in [0.2, 0.25) is 5.02 Å². The van der Waals surface area contributed by atoms with Gasteiger partial charge in [0.1, 0.15) is 11.4 Å². The number of anilines is 1. The van der Waals surface area contributed by atoms with E-state index in [0.29, 0.717) is 37.3 Å². The first-order valence-corrected chi connectivity index (χ1v) is 18.4. The molecule has 12 heteroatoms. The van der Waals surface area contributed by atoms with Crippen molar-refractivity contribution in [3.05, 3.63) is 64.7 Å². The van der Waals surface area contributed by atoms with Crippen LogP contribution in [0.5, 0.6) is 5.75 Å². The maximum Gasteiger partial charge on any atom is 0.327 e. The molecule has 5 atom stereocenters. The molecular weight excluding hydrogens is 640 g/mol. The number of carbonyl (C=O) groups excluding carboxylic acids is 2. The number of nitrogens with one attached hydrogen (secondary N) is 2. The fraction of sp³-hybridized carbons (Fsp3) is 0.543. The standard InChI is InChI=1S/C35H45ClN4O6S/c1-5-37-33(42)39-47(43)26-12-15-31-29(19-26)40(21-35(22-45-31)16-6-8-23-18-25(36)11-14-28(23)35)20-24-10-13-27(24)30(44-4)9-7-17-46-34(2,3)32(41)38-47/h7,9,11-12,14-15,18-19,24,27,30H,5-6,8,10,13,16-17,20-22H2,1-4H3,(H2,37,38,39,41,42,43)/b9-7-/t24-,27+,30-,35-,47?/m0/s1. The van der Waals surface area contributed by atoms with Crippen LogP contribution in [0, 0.1) is 11.8 Å². The molecule has 0 saturated heterocycles. The average Bonchev–Trinajstić information content (AvgIpc) is 3.17. The molecule has 0 radical (unpaired) electrons. The predicted octanol–water partition coefficient (Wildman–Crippen LogP) is 5.81. The summed E-state index contributed by atoms with van der Waals surface area (Å²) in [5.41, 5.74) is 1.56. The second kappa shape index (κ2) is 13.4. The fourth-order valence-corrected chi connectivity index (χ4v) is 9.15. The summed E-state index contributed by atoms with van der Waals surface area (Å²) < 4.78 is 39.9. The van der Waals surface area contributed by atoms with Crippen LogP contribution in [-0.2, 0) is 36.0 Å². The van der Waals surface area contributed by atoms with Crippen LogP contribution >= 0.6 is 11.6 Å². The number of benzene rings is 2. The van der Waals surface area contributed by atoms with Crippen LogP contribution in [-0.4, -0.2) is 67.8 Å². The lowest BCUT2D eigenvalue weighted by Crippen LogP contribution is -2.49. The second-order valence-corrected chi connectivity index (χ2v) is 15.9. The summed E-state index contributed by atoms with van der Waals surface area (Å²) in [4.78, 5) is 28.9. The van der Waals surface area contributed by atoms with Gasteiger partial charge in [0.2, 0.25) is 0 Å². The van der Waals surface area contributed by atoms with Crippen molar-refractivity contribution in [1.82, 2.24) is 10.0 Å². The number of rotatable bonds is 3. The molecular formula is C35H45ClN4O6S. The summed E-state index contributed by atoms with van der Waals surface area (Å²) in [6.07, 6.45) is 8.79. The molecule has 2 aliphatic carbocycles. The Morgan fingerprint density at radius 2 is 2.04 bits per heavy atom. The molecule has 2 heterocycles. The largest absolute Gasteiger partial charge is 0.490 e. The van der Waals surface area contributed by atoms with E-state index >= 15 is 0 Å². The quantitative estimate of drug-likeness (QED) is 0.392. The van der Waals surface area contributed by atoms with Crippen molar-refractivity contribution >= 4 is 39.1 Å². The minimum absolute atomic E-state index is 0.102. The van der Waals surface area contributed by atoms with E-state index in [1.165, 1.54) is 11.1 Å². The van der Waals surface area contributed by atoms with Crippen molar-refractivity contribution in [2.75, 3.05) is 44.9 Å². The van der Waals surface area contributed by atoms with Gasteiger partial charge in [-0.25, -0.2) is 13.7 Å². The van der Waals surface area contributed by atoms with Crippen molar-refractivity contribution in [3.63, 3.8) is 0 Å². The lowest BCUT2D eigenvalue weighted by molar-refractivity contribution is -0.137. The molecule has 1 unspecified atom stereocenters. The first kappa shape index (κ1) is 33.8. The highest BCUT2D eigenvalue weighted by Gasteiger charge is 2.44. The van der Waals surface area contributed by atoms with E-state index in [4.69, 9.17) is 25.8 Å². The van der Waals surface area contributed by atoms with Crippen molar-refractivity contribution in [2.45, 2.75) is 74.9 Å². The van der Waals surface area contributed by atoms with Crippen LogP contribution in [0.3, 0.4) is 0 Å². The highest BCUT2D eigenvalue weighted by molar-refractivity contribution is 7.92. The summed E-state index contributed by atoms with van der Waals surface area (Å²) in [6, 6.07) is 10.7. The smallest absolute Gasteiger partial charge is 0.327 e. The number of halogens is 1. The molecule has 3 amide bonds. The number of fused-ring (bicyclic) bond motifs is 4. The van der Waals surface area contributed by atoms with Gasteiger partial charge in [0.05, 0.1) is 29.9 Å². The number of ether oxygens (including phenoxy) is 3. The zero-order chi connectivity index (χ0) is 33.4. The van der Waals surface area contributed by atoms with Gasteiger partial charge in [0.15, 0.2) is 9.92 Å². The molecule has 6 rings (SSSR count). The molecule has 2 aromatic rings. The molecule has 1 saturated carbocycles. The normalized spacial score (nSPS) is 30.8. The molecule has 254 valence electrons. The molecule has 2 bridgehead atoms. The fourth-order valence-electron chi connectivity index (χ4n) is 7.39. The van der Waals surface area contributed by atoms with E-state index in [0.717, 1.165) is 49.4 Å². The Kier molecular flexibility index (Phi) is 9.64. The molecule has 10 nitrogen and oxygen atoms in total. The number of amides is 3. The number of methoxy groups -OCH3 is 1. The van der Waals surface area contributed by atoms with Crippen LogP contribution in [0.4, 0.5) is 10.5 Å². The number of nitrogens with zero attached hydrogens (tertiary/aromatic N) is 2. The molecule has 2 N–H and O–H groups in total. The highest BCUT2D eigenvalue weighted by atomic mass is 35.5. The highest BCUT2D eigenvalue weighted by Crippen LogP contribution is 2.47. The molecule has 2 aromatic carbocycles. The van der Waals surface area contributed by atoms with Gasteiger partial charge < -0.3 is 24.4 Å². The zero-order valence-corrected chi connectivity index (χ0v) is 29.1. The third-order valence-corrected chi connectivity index (χ3v) is 12.1. The van der Waals surface area contributed by atoms with Gasteiger partial charge in [-0.05, 0) is 106 Å². The molecule has 1 fully saturated rings. The van der Waals surface area contributed by atoms with Gasteiger partial charge >= 0.3 is 6.03 Å². The predicted molar refractivity (Wildman–Crippen MR) is 182 cm³/mol. The number of aryl methyl sites for hydroxylation is 1. The number of hydrogen-bond donors (Lipinski definition) is 2. The molecule has 47 heavy (non-hydrogen) atoms. The number of urea groups is 1. The van der Waals surface area contributed by atoms with Crippen molar-refractivity contribution < 1.29 is 28.0 Å². The zero-order valence-electron chi connectivity index (χ0n) is 27.6. The minimum atomic E-state index is -3.78. The van der Waals surface area contributed by atoms with Gasteiger partial charge in [-0.1, -0.05) is 29.8 Å². The van der Waals surface area contributed by atoms with Crippen LogP contribution in [0.1, 0.15) is 57.6 Å². The third-order valence-electron chi connectivity index (χ3n) is 10.1. The Morgan fingerprint density at radius 1 is 1.21 bits per heavy atom. The van der Waals surface area contributed by atoms with Gasteiger partial charge in [0.25, 0.3) is 5.91 Å². The van der Waals surface area contributed by atoms with E-state index in [1.807, 2.05) is 18.2 Å². The maximum absolute atomic E-state index is 14.7. The Labute approximate surface area is 282 Å². The molecule has 0 aromatic heterocycles. The molecule has 2 aliphatic heterocycles. The summed E-state index contributed by atoms with van der Waals surface area (Å²) in [5.74, 6) is 0.531. The Bertz CT molecular complexity index is 1690. The van der Waals surface area contributed by atoms with Gasteiger partial charge in [-0.3, -0.25) is 4.79 Å². The first-order valence-electron chi connectivity index (χ1n) is 16.5. The first-order chi connectivity index (χ1) is 22.5. The SMILES string of the molecule is CCNC(=O)NS1(=O)=NC(=O)C(C)(C)OC/C=C\[C@H](OC)[C@@H]2CC[C@H]2CN2C[C@@]3(CCCc4cc(Cl)ccc43)COc3ccc1cc32. The van der Waals surface area contributed by atoms with Crippen molar-refractivity contribution in [2.24, 2.45) is 16.2 Å². The van der Waals surface area contributed by atoms with Crippen molar-refractivity contribution in [3.8, 4) is 5.75 Å². The lowest BCUT2D eigenvalue weighted by Gasteiger charge is -2.46.